The summed E-state index contributed by atoms with van der Waals surface area (Å²) in [4.78, 5) is 1.57. The number of alkyl halides is 3. The van der Waals surface area contributed by atoms with Crippen LogP contribution in [0.3, 0.4) is 0 Å². The molecule has 0 unspecified atom stereocenters. The summed E-state index contributed by atoms with van der Waals surface area (Å²) in [7, 11) is 0. The topological polar surface area (TPSA) is 86.6 Å². The van der Waals surface area contributed by atoms with E-state index in [1.165, 1.54) is 40.3 Å². The van der Waals surface area contributed by atoms with E-state index in [4.69, 9.17) is 17.9 Å². The van der Waals surface area contributed by atoms with E-state index in [1.807, 2.05) is 66.0 Å². The Hall–Kier alpha value is -6.54. The van der Waals surface area contributed by atoms with E-state index < -0.39 is 11.7 Å². The van der Waals surface area contributed by atoms with Crippen molar-refractivity contribution in [3.8, 4) is 22.2 Å². The van der Waals surface area contributed by atoms with Crippen LogP contribution in [0.5, 0.6) is 11.6 Å². The molecule has 0 spiro atoms. The van der Waals surface area contributed by atoms with Crippen LogP contribution < -0.4 is 4.74 Å². The molecule has 4 heterocycles. The van der Waals surface area contributed by atoms with Crippen molar-refractivity contribution in [1.82, 2.24) is 30.6 Å². The monoisotopic (exact) mass is 1090 g/mol. The van der Waals surface area contributed by atoms with Gasteiger partial charge in [0.2, 0.25) is 5.88 Å². The molecule has 4 aromatic heterocycles. The molecule has 7 aromatic carbocycles. The molecule has 0 saturated heterocycles. The maximum absolute atomic E-state index is 13.4. The smallest absolute Gasteiger partial charge is 0.436 e. The number of hydrogen-bond donors (Lipinski definition) is 2. The zero-order valence-electron chi connectivity index (χ0n) is 33.5. The normalized spacial score (nSPS) is 11.2. The minimum absolute atomic E-state index is 0. The fraction of sp³-hybridized carbons (Fsp3) is 0.0196. The van der Waals surface area contributed by atoms with Crippen molar-refractivity contribution in [1.29, 1.82) is 0 Å². The van der Waals surface area contributed by atoms with Gasteiger partial charge in [-0.2, -0.15) is 60.8 Å². The first kappa shape index (κ1) is 45.0. The van der Waals surface area contributed by atoms with Gasteiger partial charge in [0.1, 0.15) is 5.75 Å². The number of ether oxygens (including phenoxy) is 1. The summed E-state index contributed by atoms with van der Waals surface area (Å²) < 4.78 is 45.9. The average Bonchev–Trinajstić information content (AvgIpc) is 3.84. The summed E-state index contributed by atoms with van der Waals surface area (Å²) in [5, 5.41) is 38.1. The van der Waals surface area contributed by atoms with Gasteiger partial charge in [-0.1, -0.05) is 119 Å². The van der Waals surface area contributed by atoms with Gasteiger partial charge in [0, 0.05) is 11.1 Å². The van der Waals surface area contributed by atoms with Crippen molar-refractivity contribution in [2.45, 2.75) is 6.18 Å². The molecule has 0 aliphatic heterocycles. The molecule has 0 N–H and O–H groups in total. The van der Waals surface area contributed by atoms with Gasteiger partial charge < -0.3 is 4.74 Å². The molecular formula is C51H30F3IrN6OS3. The summed E-state index contributed by atoms with van der Waals surface area (Å²) in [6.45, 7) is 11.4. The second-order valence-electron chi connectivity index (χ2n) is 14.3. The number of aromatic nitrogens is 6. The molecule has 0 atom stereocenters. The van der Waals surface area contributed by atoms with Crippen molar-refractivity contribution in [2.24, 2.45) is 0 Å². The SMILES string of the molecule is FC(F)(F)c1ccccc1Oc1nnc(-c2[c-]ccs2)c2cc3ccccc3cc12.[CH-]=C(S)c1nncc2cc3ccccc3cc12.[CH-]=C(S)c1nncc2cc3ccccc3cc12.[Ir+3]. The third-order valence-corrected chi connectivity index (χ3v) is 11.5. The van der Waals surface area contributed by atoms with E-state index in [2.05, 4.69) is 110 Å². The van der Waals surface area contributed by atoms with Crippen molar-refractivity contribution in [3.05, 3.63) is 193 Å². The first-order valence-electron chi connectivity index (χ1n) is 19.4. The van der Waals surface area contributed by atoms with Crippen LogP contribution in [-0.4, -0.2) is 30.6 Å². The summed E-state index contributed by atoms with van der Waals surface area (Å²) in [6, 6.07) is 46.1. The van der Waals surface area contributed by atoms with Gasteiger partial charge in [0.25, 0.3) is 0 Å². The van der Waals surface area contributed by atoms with Gasteiger partial charge in [0.15, 0.2) is 0 Å². The van der Waals surface area contributed by atoms with Crippen LogP contribution in [0.15, 0.2) is 157 Å². The van der Waals surface area contributed by atoms with Gasteiger partial charge in [-0.05, 0) is 90.2 Å². The Labute approximate surface area is 398 Å². The van der Waals surface area contributed by atoms with Crippen molar-refractivity contribution >= 4 is 111 Å². The summed E-state index contributed by atoms with van der Waals surface area (Å²) >= 11 is 9.76. The van der Waals surface area contributed by atoms with Crippen LogP contribution in [0.1, 0.15) is 17.0 Å². The molecule has 318 valence electrons. The molecule has 11 aromatic rings. The van der Waals surface area contributed by atoms with E-state index in [-0.39, 0.29) is 31.7 Å². The predicted octanol–water partition coefficient (Wildman–Crippen LogP) is 14.1. The van der Waals surface area contributed by atoms with E-state index in [0.29, 0.717) is 32.3 Å². The van der Waals surface area contributed by atoms with Gasteiger partial charge in [0.05, 0.1) is 18.0 Å². The van der Waals surface area contributed by atoms with E-state index in [9.17, 15) is 13.2 Å². The molecule has 0 radical (unpaired) electrons. The molecule has 0 fully saturated rings. The van der Waals surface area contributed by atoms with E-state index >= 15 is 0 Å². The number of benzene rings is 7. The fourth-order valence-electron chi connectivity index (χ4n) is 7.25. The average molecular weight is 1090 g/mol. The minimum Gasteiger partial charge on any atom is -0.436 e. The molecule has 0 aliphatic rings. The Morgan fingerprint density at radius 2 is 1.00 bits per heavy atom. The van der Waals surface area contributed by atoms with Gasteiger partial charge >= 0.3 is 26.3 Å². The molecular weight excluding hydrogens is 1060 g/mol. The third-order valence-electron chi connectivity index (χ3n) is 10.2. The number of thiophene rings is 1. The molecule has 11 rings (SSSR count). The van der Waals surface area contributed by atoms with Crippen molar-refractivity contribution in [3.63, 3.8) is 0 Å². The van der Waals surface area contributed by atoms with Crippen LogP contribution in [0.2, 0.25) is 0 Å². The number of fused-ring (bicyclic) bond motifs is 6. The van der Waals surface area contributed by atoms with Crippen LogP contribution in [0.25, 0.3) is 85.0 Å². The summed E-state index contributed by atoms with van der Waals surface area (Å²) in [6.07, 6.45) is -1.07. The van der Waals surface area contributed by atoms with Crippen LogP contribution in [0, 0.1) is 19.2 Å². The standard InChI is InChI=1S/C23H12F3N2OS.2C14H9N2S.Ir/c24-23(25,26)18-8-3-4-9-19(18)29-22-17-13-15-7-2-1-6-14(15)12-16(17)21(27-28-22)20-10-5-11-30-20;2*1-9(17)14-13-7-11-5-3-2-4-10(11)6-12(13)8-15-16-14;/h1-9,11-13H;2*1-8,17H;/q3*-1;+3. The predicted molar refractivity (Wildman–Crippen MR) is 258 cm³/mol. The van der Waals surface area contributed by atoms with Crippen molar-refractivity contribution < 1.29 is 38.0 Å². The Kier molecular flexibility index (Phi) is 13.4. The number of nitrogens with zero attached hydrogens (tertiary/aromatic N) is 6. The molecule has 0 saturated carbocycles. The quantitative estimate of drug-likeness (QED) is 0.101. The first-order chi connectivity index (χ1) is 31.0. The Morgan fingerprint density at radius 1 is 0.554 bits per heavy atom. The van der Waals surface area contributed by atoms with E-state index in [0.717, 1.165) is 59.4 Å². The third kappa shape index (κ3) is 9.63. The molecule has 0 aliphatic carbocycles. The van der Waals surface area contributed by atoms with Gasteiger partial charge in [-0.3, -0.25) is 13.2 Å². The fourth-order valence-corrected chi connectivity index (χ4v) is 8.25. The zero-order valence-corrected chi connectivity index (χ0v) is 38.5. The number of rotatable bonds is 5. The van der Waals surface area contributed by atoms with Crippen LogP contribution in [0.4, 0.5) is 13.2 Å². The number of hydrogen-bond acceptors (Lipinski definition) is 10. The number of thiol groups is 2. The number of para-hydroxylation sites is 1. The maximum atomic E-state index is 13.4. The molecule has 14 heteroatoms. The second-order valence-corrected chi connectivity index (χ2v) is 16.2. The summed E-state index contributed by atoms with van der Waals surface area (Å²) in [5.41, 5.74) is 1.02. The Balaban J connectivity index is 0.000000141. The zero-order chi connectivity index (χ0) is 44.4. The summed E-state index contributed by atoms with van der Waals surface area (Å²) in [5.74, 6) is -0.294. The molecule has 65 heavy (non-hydrogen) atoms. The molecule has 0 bridgehead atoms. The van der Waals surface area contributed by atoms with Gasteiger partial charge in [-0.25, -0.2) is 26.6 Å². The largest absolute Gasteiger partial charge is 3.00 e. The van der Waals surface area contributed by atoms with E-state index in [1.54, 1.807) is 18.5 Å². The number of halogens is 3. The van der Waals surface area contributed by atoms with Crippen molar-refractivity contribution in [2.75, 3.05) is 0 Å². The Bertz CT molecular complexity index is 3440. The molecule has 7 nitrogen and oxygen atoms in total. The maximum Gasteiger partial charge on any atom is 3.00 e. The van der Waals surface area contributed by atoms with Crippen LogP contribution in [-0.2, 0) is 26.3 Å². The Morgan fingerprint density at radius 3 is 1.46 bits per heavy atom. The van der Waals surface area contributed by atoms with Crippen LogP contribution >= 0.6 is 36.6 Å². The minimum atomic E-state index is -4.54. The molecule has 0 amide bonds. The second kappa shape index (κ2) is 19.3. The van der Waals surface area contributed by atoms with Gasteiger partial charge in [-0.15, -0.1) is 20.3 Å². The first-order valence-corrected chi connectivity index (χ1v) is 21.2.